The average molecular weight is 255 g/mol. The van der Waals surface area contributed by atoms with Crippen molar-refractivity contribution >= 4 is 11.7 Å². The quantitative estimate of drug-likeness (QED) is 0.757. The molecule has 0 bridgehead atoms. The highest BCUT2D eigenvalue weighted by Crippen LogP contribution is 2.11. The van der Waals surface area contributed by atoms with Crippen LogP contribution in [0.25, 0.3) is 0 Å². The first kappa shape index (κ1) is 12.6. The van der Waals surface area contributed by atoms with Crippen molar-refractivity contribution in [3.05, 3.63) is 35.4 Å². The van der Waals surface area contributed by atoms with Crippen molar-refractivity contribution in [3.63, 3.8) is 0 Å². The molecule has 1 aromatic carbocycles. The van der Waals surface area contributed by atoms with Crippen LogP contribution in [-0.4, -0.2) is 42.9 Å². The van der Waals surface area contributed by atoms with Gasteiger partial charge in [-0.1, -0.05) is 0 Å². The zero-order chi connectivity index (χ0) is 13.1. The number of morpholine rings is 1. The molecular weight excluding hydrogens is 244 g/mol. The van der Waals surface area contributed by atoms with Crippen molar-refractivity contribution in [2.75, 3.05) is 26.3 Å². The third-order valence-corrected chi connectivity index (χ3v) is 2.65. The molecule has 0 aliphatic carbocycles. The van der Waals surface area contributed by atoms with E-state index < -0.39 is 17.4 Å². The smallest absolute Gasteiger partial charge is 0.249 e. The summed E-state index contributed by atoms with van der Waals surface area (Å²) in [6, 6.07) is 2.66. The first-order valence-corrected chi connectivity index (χ1v) is 5.41. The van der Waals surface area contributed by atoms with Gasteiger partial charge in [-0.05, 0) is 18.2 Å². The Hall–Kier alpha value is -1.82. The molecule has 0 aromatic heterocycles. The predicted octanol–water partition coefficient (Wildman–Crippen LogP) is 1.01. The third kappa shape index (κ3) is 2.70. The van der Waals surface area contributed by atoms with Gasteiger partial charge >= 0.3 is 0 Å². The SMILES string of the molecule is O=C(CN1CCOCC1=O)c1cc(F)ccc1F. The molecule has 0 saturated carbocycles. The Balaban J connectivity index is 2.11. The summed E-state index contributed by atoms with van der Waals surface area (Å²) >= 11 is 0. The molecule has 0 atom stereocenters. The van der Waals surface area contributed by atoms with Gasteiger partial charge in [0.15, 0.2) is 5.78 Å². The second-order valence-electron chi connectivity index (χ2n) is 3.92. The van der Waals surface area contributed by atoms with E-state index in [0.29, 0.717) is 6.61 Å². The lowest BCUT2D eigenvalue weighted by Crippen LogP contribution is -2.44. The van der Waals surface area contributed by atoms with E-state index in [4.69, 9.17) is 4.74 Å². The number of Topliss-reactive ketones (excluding diaryl/α,β-unsaturated/α-hetero) is 1. The first-order chi connectivity index (χ1) is 8.58. The number of benzene rings is 1. The summed E-state index contributed by atoms with van der Waals surface area (Å²) in [5.41, 5.74) is -0.339. The minimum absolute atomic E-state index is 0.0844. The number of hydrogen-bond acceptors (Lipinski definition) is 3. The van der Waals surface area contributed by atoms with E-state index in [-0.39, 0.29) is 31.2 Å². The summed E-state index contributed by atoms with van der Waals surface area (Å²) in [5, 5.41) is 0. The van der Waals surface area contributed by atoms with Crippen LogP contribution in [0.2, 0.25) is 0 Å². The van der Waals surface area contributed by atoms with Gasteiger partial charge < -0.3 is 9.64 Å². The van der Waals surface area contributed by atoms with Crippen LogP contribution >= 0.6 is 0 Å². The second kappa shape index (κ2) is 5.22. The van der Waals surface area contributed by atoms with Crippen LogP contribution in [0.15, 0.2) is 18.2 Å². The van der Waals surface area contributed by atoms with E-state index in [1.54, 1.807) is 0 Å². The molecule has 1 fully saturated rings. The van der Waals surface area contributed by atoms with E-state index in [1.165, 1.54) is 4.90 Å². The molecule has 1 amide bonds. The standard InChI is InChI=1S/C12H11F2NO3/c13-8-1-2-10(14)9(5-8)11(16)6-15-3-4-18-7-12(15)17/h1-2,5H,3-4,6-7H2. The van der Waals surface area contributed by atoms with Gasteiger partial charge in [-0.3, -0.25) is 9.59 Å². The Kier molecular flexibility index (Phi) is 3.66. The van der Waals surface area contributed by atoms with Crippen molar-refractivity contribution in [2.45, 2.75) is 0 Å². The maximum Gasteiger partial charge on any atom is 0.249 e. The van der Waals surface area contributed by atoms with E-state index in [2.05, 4.69) is 0 Å². The van der Waals surface area contributed by atoms with Gasteiger partial charge in [0.25, 0.3) is 0 Å². The Morgan fingerprint density at radius 1 is 1.39 bits per heavy atom. The highest BCUT2D eigenvalue weighted by Gasteiger charge is 2.23. The van der Waals surface area contributed by atoms with Crippen molar-refractivity contribution in [2.24, 2.45) is 0 Å². The van der Waals surface area contributed by atoms with Crippen LogP contribution in [0.4, 0.5) is 8.78 Å². The Morgan fingerprint density at radius 3 is 2.89 bits per heavy atom. The first-order valence-electron chi connectivity index (χ1n) is 5.41. The largest absolute Gasteiger partial charge is 0.370 e. The summed E-state index contributed by atoms with van der Waals surface area (Å²) in [4.78, 5) is 24.5. The highest BCUT2D eigenvalue weighted by atomic mass is 19.1. The summed E-state index contributed by atoms with van der Waals surface area (Å²) in [6.07, 6.45) is 0. The van der Waals surface area contributed by atoms with Gasteiger partial charge in [0.2, 0.25) is 5.91 Å². The van der Waals surface area contributed by atoms with Crippen molar-refractivity contribution in [1.82, 2.24) is 4.90 Å². The molecule has 2 rings (SSSR count). The van der Waals surface area contributed by atoms with E-state index in [1.807, 2.05) is 0 Å². The number of nitrogens with zero attached hydrogens (tertiary/aromatic N) is 1. The van der Waals surface area contributed by atoms with E-state index in [9.17, 15) is 18.4 Å². The van der Waals surface area contributed by atoms with Crippen LogP contribution in [0.3, 0.4) is 0 Å². The molecule has 0 unspecified atom stereocenters. The lowest BCUT2D eigenvalue weighted by atomic mass is 10.1. The maximum atomic E-state index is 13.4. The molecule has 96 valence electrons. The predicted molar refractivity (Wildman–Crippen MR) is 58.1 cm³/mol. The van der Waals surface area contributed by atoms with Crippen LogP contribution < -0.4 is 0 Å². The van der Waals surface area contributed by atoms with Crippen LogP contribution in [0.1, 0.15) is 10.4 Å². The molecule has 0 radical (unpaired) electrons. The molecule has 1 aliphatic heterocycles. The van der Waals surface area contributed by atoms with Crippen molar-refractivity contribution in [1.29, 1.82) is 0 Å². The summed E-state index contributed by atoms with van der Waals surface area (Å²) in [5.74, 6) is -2.43. The number of hydrogen-bond donors (Lipinski definition) is 0. The van der Waals surface area contributed by atoms with Crippen LogP contribution in [0, 0.1) is 11.6 Å². The number of amides is 1. The molecule has 0 N–H and O–H groups in total. The number of halogens is 2. The number of carbonyl (C=O) groups is 2. The van der Waals surface area contributed by atoms with Gasteiger partial charge in [0, 0.05) is 6.54 Å². The Morgan fingerprint density at radius 2 is 2.17 bits per heavy atom. The molecule has 0 spiro atoms. The zero-order valence-electron chi connectivity index (χ0n) is 9.49. The van der Waals surface area contributed by atoms with Crippen molar-refractivity contribution < 1.29 is 23.1 Å². The van der Waals surface area contributed by atoms with Crippen LogP contribution in [0.5, 0.6) is 0 Å². The third-order valence-electron chi connectivity index (χ3n) is 2.65. The Labute approximate surface area is 102 Å². The number of rotatable bonds is 3. The minimum Gasteiger partial charge on any atom is -0.370 e. The van der Waals surface area contributed by atoms with Gasteiger partial charge in [0.1, 0.15) is 18.2 Å². The molecular formula is C12H11F2NO3. The molecule has 1 heterocycles. The minimum atomic E-state index is -0.790. The van der Waals surface area contributed by atoms with Gasteiger partial charge in [-0.2, -0.15) is 0 Å². The number of ether oxygens (including phenoxy) is 1. The maximum absolute atomic E-state index is 13.4. The molecule has 1 aliphatic rings. The lowest BCUT2D eigenvalue weighted by molar-refractivity contribution is -0.141. The number of carbonyl (C=O) groups excluding carboxylic acids is 2. The van der Waals surface area contributed by atoms with Gasteiger partial charge in [0.05, 0.1) is 18.7 Å². The van der Waals surface area contributed by atoms with E-state index >= 15 is 0 Å². The summed E-state index contributed by atoms with van der Waals surface area (Å²) in [7, 11) is 0. The van der Waals surface area contributed by atoms with Gasteiger partial charge in [-0.25, -0.2) is 8.78 Å². The van der Waals surface area contributed by atoms with Gasteiger partial charge in [-0.15, -0.1) is 0 Å². The van der Waals surface area contributed by atoms with Crippen molar-refractivity contribution in [3.8, 4) is 0 Å². The lowest BCUT2D eigenvalue weighted by Gasteiger charge is -2.26. The fourth-order valence-corrected chi connectivity index (χ4v) is 1.69. The fourth-order valence-electron chi connectivity index (χ4n) is 1.69. The Bertz CT molecular complexity index is 490. The topological polar surface area (TPSA) is 46.6 Å². The molecule has 6 heteroatoms. The van der Waals surface area contributed by atoms with E-state index in [0.717, 1.165) is 18.2 Å². The normalized spacial score (nSPS) is 15.9. The zero-order valence-corrected chi connectivity index (χ0v) is 9.49. The monoisotopic (exact) mass is 255 g/mol. The van der Waals surface area contributed by atoms with Crippen LogP contribution in [-0.2, 0) is 9.53 Å². The second-order valence-corrected chi connectivity index (χ2v) is 3.92. The molecule has 1 saturated heterocycles. The number of ketones is 1. The molecule has 18 heavy (non-hydrogen) atoms. The fraction of sp³-hybridized carbons (Fsp3) is 0.333. The molecule has 4 nitrogen and oxygen atoms in total. The summed E-state index contributed by atoms with van der Waals surface area (Å²) in [6.45, 7) is 0.271. The highest BCUT2D eigenvalue weighted by molar-refractivity contribution is 5.99. The average Bonchev–Trinajstić information content (AvgIpc) is 2.35. The summed E-state index contributed by atoms with van der Waals surface area (Å²) < 4.78 is 31.2. The molecule has 1 aromatic rings.